The number of H-pyrrole nitrogens is 1. The highest BCUT2D eigenvalue weighted by atomic mass is 32.1. The van der Waals surface area contributed by atoms with E-state index in [4.69, 9.17) is 12.2 Å². The fourth-order valence-corrected chi connectivity index (χ4v) is 3.40. The molecule has 0 aliphatic heterocycles. The van der Waals surface area contributed by atoms with Gasteiger partial charge in [-0.15, -0.1) is 0 Å². The van der Waals surface area contributed by atoms with Crippen molar-refractivity contribution in [1.29, 1.82) is 0 Å². The fraction of sp³-hybridized carbons (Fsp3) is 0.389. The van der Waals surface area contributed by atoms with E-state index in [2.05, 4.69) is 16.0 Å². The first-order chi connectivity index (χ1) is 11.5. The Morgan fingerprint density at radius 1 is 1.42 bits per heavy atom. The van der Waals surface area contributed by atoms with Crippen molar-refractivity contribution in [3.63, 3.8) is 0 Å². The average molecular weight is 343 g/mol. The van der Waals surface area contributed by atoms with Crippen LogP contribution >= 0.6 is 12.2 Å². The number of fused-ring (bicyclic) bond motifs is 1. The Labute approximate surface area is 145 Å². The van der Waals surface area contributed by atoms with E-state index in [0.717, 1.165) is 24.9 Å². The average Bonchev–Trinajstić information content (AvgIpc) is 3.01. The van der Waals surface area contributed by atoms with Crippen molar-refractivity contribution >= 4 is 24.1 Å². The fourth-order valence-electron chi connectivity index (χ4n) is 3.04. The Hall–Kier alpha value is -2.21. The monoisotopic (exact) mass is 343 g/mol. The van der Waals surface area contributed by atoms with Crippen LogP contribution in [0.3, 0.4) is 0 Å². The van der Waals surface area contributed by atoms with Crippen LogP contribution in [0.1, 0.15) is 49.4 Å². The molecule has 0 saturated carbocycles. The maximum atomic E-state index is 12.1. The van der Waals surface area contributed by atoms with Crippen molar-refractivity contribution in [3.8, 4) is 5.88 Å². The predicted molar refractivity (Wildman–Crippen MR) is 98.3 cm³/mol. The largest absolute Gasteiger partial charge is 0.494 e. The lowest BCUT2D eigenvalue weighted by Crippen LogP contribution is -2.20. The van der Waals surface area contributed by atoms with Gasteiger partial charge in [0.2, 0.25) is 5.88 Å². The minimum absolute atomic E-state index is 0.0125. The van der Waals surface area contributed by atoms with Crippen molar-refractivity contribution in [1.82, 2.24) is 9.55 Å². The van der Waals surface area contributed by atoms with Gasteiger partial charge in [-0.05, 0) is 68.1 Å². The van der Waals surface area contributed by atoms with Crippen LogP contribution in [0, 0.1) is 4.77 Å². The molecule has 1 atom stereocenters. The van der Waals surface area contributed by atoms with Gasteiger partial charge in [-0.3, -0.25) is 19.3 Å². The predicted octanol–water partition coefficient (Wildman–Crippen LogP) is 3.82. The highest BCUT2D eigenvalue weighted by molar-refractivity contribution is 7.71. The first-order valence-corrected chi connectivity index (χ1v) is 8.65. The van der Waals surface area contributed by atoms with Crippen LogP contribution in [0.15, 0.2) is 28.0 Å². The summed E-state index contributed by atoms with van der Waals surface area (Å²) in [6, 6.07) is 6.07. The first kappa shape index (κ1) is 16.6. The van der Waals surface area contributed by atoms with Crippen molar-refractivity contribution in [2.75, 3.05) is 0 Å². The number of hydrogen-bond donors (Lipinski definition) is 2. The van der Waals surface area contributed by atoms with Crippen LogP contribution in [0.2, 0.25) is 0 Å². The van der Waals surface area contributed by atoms with Crippen molar-refractivity contribution in [2.24, 2.45) is 4.99 Å². The normalized spacial score (nSPS) is 14.9. The molecule has 0 amide bonds. The van der Waals surface area contributed by atoms with Crippen molar-refractivity contribution in [2.45, 2.75) is 45.6 Å². The Morgan fingerprint density at radius 3 is 2.92 bits per heavy atom. The number of aryl methyl sites for hydroxylation is 2. The molecule has 126 valence electrons. The molecule has 24 heavy (non-hydrogen) atoms. The summed E-state index contributed by atoms with van der Waals surface area (Å²) >= 11 is 5.16. The van der Waals surface area contributed by atoms with Gasteiger partial charge in [0.15, 0.2) is 4.77 Å². The second-order valence-corrected chi connectivity index (χ2v) is 6.58. The van der Waals surface area contributed by atoms with Gasteiger partial charge in [0.1, 0.15) is 5.56 Å². The summed E-state index contributed by atoms with van der Waals surface area (Å²) in [7, 11) is 0. The summed E-state index contributed by atoms with van der Waals surface area (Å²) in [6.07, 6.45) is 5.57. The van der Waals surface area contributed by atoms with E-state index in [1.165, 1.54) is 23.8 Å². The molecule has 0 fully saturated rings. The number of aromatic nitrogens is 2. The number of benzene rings is 1. The summed E-state index contributed by atoms with van der Waals surface area (Å²) in [5.74, 6) is -0.136. The number of nitrogens with one attached hydrogen (secondary N) is 1. The SMILES string of the molecule is CC[C@H](C)n1c(O)c(C=Nc2ccc3c(c2)CCC3)c(=O)[nH]c1=S. The zero-order chi connectivity index (χ0) is 17.3. The number of rotatable bonds is 4. The minimum atomic E-state index is -0.429. The second kappa shape index (κ2) is 6.73. The topological polar surface area (TPSA) is 70.4 Å². The van der Waals surface area contributed by atoms with Gasteiger partial charge in [0, 0.05) is 12.3 Å². The van der Waals surface area contributed by atoms with Crippen LogP contribution in [0.4, 0.5) is 5.69 Å². The van der Waals surface area contributed by atoms with E-state index in [1.54, 1.807) is 4.57 Å². The maximum Gasteiger partial charge on any atom is 0.264 e. The molecular formula is C18H21N3O2S. The Kier molecular flexibility index (Phi) is 4.66. The highest BCUT2D eigenvalue weighted by Crippen LogP contribution is 2.26. The summed E-state index contributed by atoms with van der Waals surface area (Å²) in [6.45, 7) is 3.94. The lowest BCUT2D eigenvalue weighted by Gasteiger charge is -2.16. The van der Waals surface area contributed by atoms with Crippen LogP contribution in [0.25, 0.3) is 0 Å². The van der Waals surface area contributed by atoms with E-state index in [1.807, 2.05) is 26.0 Å². The van der Waals surface area contributed by atoms with Gasteiger partial charge in [0.25, 0.3) is 5.56 Å². The smallest absolute Gasteiger partial charge is 0.264 e. The Morgan fingerprint density at radius 2 is 2.17 bits per heavy atom. The van der Waals surface area contributed by atoms with E-state index >= 15 is 0 Å². The third-order valence-electron chi connectivity index (χ3n) is 4.61. The lowest BCUT2D eigenvalue weighted by atomic mass is 10.1. The number of aromatic amines is 1. The third-order valence-corrected chi connectivity index (χ3v) is 4.91. The molecule has 1 heterocycles. The molecule has 6 heteroatoms. The number of hydrogen-bond acceptors (Lipinski definition) is 4. The molecule has 1 aromatic heterocycles. The number of aliphatic imine (C=N–C) groups is 1. The molecule has 5 nitrogen and oxygen atoms in total. The summed E-state index contributed by atoms with van der Waals surface area (Å²) in [4.78, 5) is 19.1. The summed E-state index contributed by atoms with van der Waals surface area (Å²) in [5.41, 5.74) is 3.18. The van der Waals surface area contributed by atoms with E-state index in [-0.39, 0.29) is 22.3 Å². The minimum Gasteiger partial charge on any atom is -0.494 e. The van der Waals surface area contributed by atoms with Crippen LogP contribution in [-0.2, 0) is 12.8 Å². The van der Waals surface area contributed by atoms with Gasteiger partial charge < -0.3 is 5.11 Å². The van der Waals surface area contributed by atoms with E-state index in [0.29, 0.717) is 0 Å². The molecule has 0 saturated heterocycles. The molecule has 0 bridgehead atoms. The molecule has 2 aromatic rings. The van der Waals surface area contributed by atoms with Crippen LogP contribution < -0.4 is 5.56 Å². The van der Waals surface area contributed by atoms with Crippen LogP contribution in [0.5, 0.6) is 5.88 Å². The lowest BCUT2D eigenvalue weighted by molar-refractivity contribution is 0.371. The van der Waals surface area contributed by atoms with Gasteiger partial charge >= 0.3 is 0 Å². The third kappa shape index (κ3) is 3.06. The molecular weight excluding hydrogens is 322 g/mol. The van der Waals surface area contributed by atoms with Crippen LogP contribution in [-0.4, -0.2) is 20.9 Å². The number of nitrogens with zero attached hydrogens (tertiary/aromatic N) is 2. The molecule has 1 aliphatic carbocycles. The molecule has 0 unspecified atom stereocenters. The Balaban J connectivity index is 2.01. The van der Waals surface area contributed by atoms with Gasteiger partial charge in [-0.25, -0.2) is 0 Å². The van der Waals surface area contributed by atoms with Gasteiger partial charge in [-0.1, -0.05) is 13.0 Å². The maximum absolute atomic E-state index is 12.1. The standard InChI is InChI=1S/C18H21N3O2S/c1-3-11(2)21-17(23)15(16(22)20-18(21)24)10-19-14-8-7-12-5-4-6-13(12)9-14/h7-11,23H,3-6H2,1-2H3,(H,20,22,24)/t11-/m0/s1. The molecule has 3 rings (SSSR count). The molecule has 1 aromatic carbocycles. The highest BCUT2D eigenvalue weighted by Gasteiger charge is 2.15. The summed E-state index contributed by atoms with van der Waals surface area (Å²) in [5, 5.41) is 10.5. The van der Waals surface area contributed by atoms with E-state index in [9.17, 15) is 9.90 Å². The second-order valence-electron chi connectivity index (χ2n) is 6.19. The molecule has 0 radical (unpaired) electrons. The Bertz CT molecular complexity index is 911. The molecule has 1 aliphatic rings. The van der Waals surface area contributed by atoms with Gasteiger partial charge in [0.05, 0.1) is 5.69 Å². The quantitative estimate of drug-likeness (QED) is 0.655. The zero-order valence-electron chi connectivity index (χ0n) is 13.9. The van der Waals surface area contributed by atoms with Crippen molar-refractivity contribution in [3.05, 3.63) is 50.0 Å². The zero-order valence-corrected chi connectivity index (χ0v) is 14.7. The van der Waals surface area contributed by atoms with Crippen molar-refractivity contribution < 1.29 is 5.11 Å². The molecule has 0 spiro atoms. The molecule has 2 N–H and O–H groups in total. The number of aromatic hydroxyl groups is 1. The van der Waals surface area contributed by atoms with Gasteiger partial charge in [-0.2, -0.15) is 0 Å². The summed E-state index contributed by atoms with van der Waals surface area (Å²) < 4.78 is 1.78. The van der Waals surface area contributed by atoms with E-state index < -0.39 is 5.56 Å². The first-order valence-electron chi connectivity index (χ1n) is 8.25.